The van der Waals surface area contributed by atoms with E-state index in [1.165, 1.54) is 6.92 Å². The fraction of sp³-hybridized carbons (Fsp3) is 0.214. The molecule has 0 unspecified atom stereocenters. The van der Waals surface area contributed by atoms with Crippen LogP contribution in [-0.4, -0.2) is 26.0 Å². The van der Waals surface area contributed by atoms with Crippen LogP contribution in [0.25, 0.3) is 11.4 Å². The van der Waals surface area contributed by atoms with E-state index < -0.39 is 5.78 Å². The van der Waals surface area contributed by atoms with Crippen LogP contribution in [-0.2, 0) is 11.3 Å². The van der Waals surface area contributed by atoms with E-state index in [0.717, 1.165) is 15.9 Å². The normalized spacial score (nSPS) is 11.7. The van der Waals surface area contributed by atoms with Gasteiger partial charge in [-0.05, 0) is 19.1 Å². The molecule has 0 radical (unpaired) electrons. The van der Waals surface area contributed by atoms with E-state index in [4.69, 9.17) is 11.0 Å². The molecule has 2 aromatic rings. The molecule has 2 N–H and O–H groups in total. The third-order valence-electron chi connectivity index (χ3n) is 2.83. The molecule has 0 fully saturated rings. The van der Waals surface area contributed by atoms with E-state index in [1.54, 1.807) is 6.07 Å². The van der Waals surface area contributed by atoms with Crippen molar-refractivity contribution in [1.29, 1.82) is 5.26 Å². The Kier molecular flexibility index (Phi) is 4.09. The second-order valence-electron chi connectivity index (χ2n) is 4.60. The van der Waals surface area contributed by atoms with Crippen LogP contribution in [0.5, 0.6) is 0 Å². The Morgan fingerprint density at radius 1 is 1.38 bits per heavy atom. The van der Waals surface area contributed by atoms with Gasteiger partial charge in [0.15, 0.2) is 5.78 Å². The zero-order valence-electron chi connectivity index (χ0n) is 11.7. The molecule has 0 saturated carbocycles. The Morgan fingerprint density at radius 3 is 2.62 bits per heavy atom. The Balaban J connectivity index is 2.18. The van der Waals surface area contributed by atoms with E-state index in [-0.39, 0.29) is 17.8 Å². The van der Waals surface area contributed by atoms with Gasteiger partial charge in [-0.15, -0.1) is 10.2 Å². The predicted octanol–water partition coefficient (Wildman–Crippen LogP) is 0.974. The number of aryl methyl sites for hydroxylation is 1. The molecule has 0 saturated heterocycles. The highest BCUT2D eigenvalue weighted by atomic mass is 16.1. The van der Waals surface area contributed by atoms with Crippen molar-refractivity contribution in [3.8, 4) is 17.5 Å². The zero-order chi connectivity index (χ0) is 15.4. The van der Waals surface area contributed by atoms with E-state index in [2.05, 4.69) is 15.4 Å². The van der Waals surface area contributed by atoms with Crippen LogP contribution in [0.3, 0.4) is 0 Å². The summed E-state index contributed by atoms with van der Waals surface area (Å²) in [7, 11) is 0. The highest BCUT2D eigenvalue weighted by Crippen LogP contribution is 2.14. The number of benzene rings is 1. The highest BCUT2D eigenvalue weighted by Gasteiger charge is 2.14. The highest BCUT2D eigenvalue weighted by molar-refractivity contribution is 5.99. The van der Waals surface area contributed by atoms with Gasteiger partial charge in [0.1, 0.15) is 18.2 Å². The van der Waals surface area contributed by atoms with Crippen LogP contribution in [0.15, 0.2) is 35.5 Å². The number of nitrogens with zero attached hydrogens (tertiary/aromatic N) is 5. The monoisotopic (exact) mass is 282 g/mol. The van der Waals surface area contributed by atoms with Crippen molar-refractivity contribution in [3.63, 3.8) is 0 Å². The minimum Gasteiger partial charge on any atom is -0.401 e. The first-order valence-corrected chi connectivity index (χ1v) is 6.25. The van der Waals surface area contributed by atoms with Crippen molar-refractivity contribution in [2.24, 2.45) is 5.73 Å². The molecule has 21 heavy (non-hydrogen) atoms. The fourth-order valence-electron chi connectivity index (χ4n) is 1.71. The summed E-state index contributed by atoms with van der Waals surface area (Å²) in [4.78, 5) is 13.0. The van der Waals surface area contributed by atoms with Gasteiger partial charge < -0.3 is 5.73 Å². The summed E-state index contributed by atoms with van der Waals surface area (Å²) in [6, 6.07) is 9.42. The zero-order valence-corrected chi connectivity index (χ0v) is 11.7. The van der Waals surface area contributed by atoms with Gasteiger partial charge in [0, 0.05) is 11.3 Å². The number of carbonyl (C=O) groups is 1. The number of nitriles is 1. The molecule has 1 aromatic carbocycles. The van der Waals surface area contributed by atoms with Crippen LogP contribution in [0, 0.1) is 18.3 Å². The molecule has 7 nitrogen and oxygen atoms in total. The number of tetrazole rings is 1. The molecule has 106 valence electrons. The number of hydrogen-bond acceptors (Lipinski definition) is 6. The summed E-state index contributed by atoms with van der Waals surface area (Å²) >= 11 is 0. The van der Waals surface area contributed by atoms with Crippen LogP contribution in [0.4, 0.5) is 0 Å². The van der Waals surface area contributed by atoms with E-state index in [9.17, 15) is 4.79 Å². The van der Waals surface area contributed by atoms with Crippen molar-refractivity contribution in [1.82, 2.24) is 20.2 Å². The van der Waals surface area contributed by atoms with Crippen molar-refractivity contribution in [2.45, 2.75) is 20.4 Å². The SMILES string of the molecule is C/C(N)=C(/C#N)C(=O)Cn1nnc(-c2ccc(C)cc2)n1. The lowest BCUT2D eigenvalue weighted by molar-refractivity contribution is -0.116. The molecule has 0 aliphatic heterocycles. The van der Waals surface area contributed by atoms with Gasteiger partial charge in [-0.1, -0.05) is 29.8 Å². The van der Waals surface area contributed by atoms with Crippen molar-refractivity contribution < 1.29 is 4.79 Å². The number of carbonyl (C=O) groups excluding carboxylic acids is 1. The molecule has 0 aliphatic rings. The molecular weight excluding hydrogens is 268 g/mol. The quantitative estimate of drug-likeness (QED) is 0.661. The number of aromatic nitrogens is 4. The summed E-state index contributed by atoms with van der Waals surface area (Å²) < 4.78 is 0. The minimum atomic E-state index is -0.439. The maximum absolute atomic E-state index is 11.9. The van der Waals surface area contributed by atoms with E-state index >= 15 is 0 Å². The van der Waals surface area contributed by atoms with Crippen LogP contribution in [0.2, 0.25) is 0 Å². The number of nitrogens with two attached hydrogens (primary N) is 1. The average Bonchev–Trinajstić information content (AvgIpc) is 2.88. The summed E-state index contributed by atoms with van der Waals surface area (Å²) in [6.45, 7) is 3.32. The number of allylic oxidation sites excluding steroid dienone is 2. The molecule has 0 aliphatic carbocycles. The molecule has 0 atom stereocenters. The summed E-state index contributed by atoms with van der Waals surface area (Å²) in [5, 5.41) is 20.7. The predicted molar refractivity (Wildman–Crippen MR) is 75.5 cm³/mol. The van der Waals surface area contributed by atoms with Gasteiger partial charge in [0.2, 0.25) is 5.82 Å². The van der Waals surface area contributed by atoms with Crippen molar-refractivity contribution in [2.75, 3.05) is 0 Å². The number of ketones is 1. The summed E-state index contributed by atoms with van der Waals surface area (Å²) in [6.07, 6.45) is 0. The molecule has 0 bridgehead atoms. The van der Waals surface area contributed by atoms with Crippen LogP contribution < -0.4 is 5.73 Å². The average molecular weight is 282 g/mol. The lowest BCUT2D eigenvalue weighted by atomic mass is 10.1. The van der Waals surface area contributed by atoms with Gasteiger partial charge >= 0.3 is 0 Å². The molecule has 0 amide bonds. The number of rotatable bonds is 4. The van der Waals surface area contributed by atoms with Gasteiger partial charge in [-0.3, -0.25) is 4.79 Å². The molecule has 7 heteroatoms. The Morgan fingerprint density at radius 2 is 2.05 bits per heavy atom. The third-order valence-corrected chi connectivity index (χ3v) is 2.83. The van der Waals surface area contributed by atoms with E-state index in [1.807, 2.05) is 31.2 Å². The second kappa shape index (κ2) is 5.96. The lowest BCUT2D eigenvalue weighted by Crippen LogP contribution is -2.17. The summed E-state index contributed by atoms with van der Waals surface area (Å²) in [5.74, 6) is -0.0138. The molecule has 2 rings (SSSR count). The van der Waals surface area contributed by atoms with Gasteiger partial charge in [-0.2, -0.15) is 10.1 Å². The van der Waals surface area contributed by atoms with Crippen molar-refractivity contribution >= 4 is 5.78 Å². The molecule has 1 heterocycles. The smallest absolute Gasteiger partial charge is 0.204 e. The summed E-state index contributed by atoms with van der Waals surface area (Å²) in [5.41, 5.74) is 7.52. The maximum Gasteiger partial charge on any atom is 0.204 e. The largest absolute Gasteiger partial charge is 0.401 e. The first kappa shape index (κ1) is 14.4. The molecular formula is C14H14N6O. The van der Waals surface area contributed by atoms with Gasteiger partial charge in [-0.25, -0.2) is 0 Å². The minimum absolute atomic E-state index is 0.0795. The molecule has 1 aromatic heterocycles. The van der Waals surface area contributed by atoms with Crippen LogP contribution in [0.1, 0.15) is 12.5 Å². The maximum atomic E-state index is 11.9. The fourth-order valence-corrected chi connectivity index (χ4v) is 1.71. The Labute approximate surface area is 121 Å². The first-order valence-electron chi connectivity index (χ1n) is 6.25. The number of hydrogen-bond donors (Lipinski definition) is 1. The Hall–Kier alpha value is -3.01. The third kappa shape index (κ3) is 3.30. The first-order chi connectivity index (χ1) is 10.0. The standard InChI is InChI=1S/C14H14N6O/c1-9-3-5-11(6-4-9)14-17-19-20(18-14)8-13(21)12(7-15)10(2)16/h3-6H,8,16H2,1-2H3/b12-10+. The molecule has 0 spiro atoms. The topological polar surface area (TPSA) is 110 Å². The van der Waals surface area contributed by atoms with Crippen molar-refractivity contribution in [3.05, 3.63) is 41.1 Å². The second-order valence-corrected chi connectivity index (χ2v) is 4.60. The van der Waals surface area contributed by atoms with Crippen LogP contribution >= 0.6 is 0 Å². The van der Waals surface area contributed by atoms with Gasteiger partial charge in [0.05, 0.1) is 0 Å². The van der Waals surface area contributed by atoms with E-state index in [0.29, 0.717) is 5.82 Å². The van der Waals surface area contributed by atoms with Gasteiger partial charge in [0.25, 0.3) is 0 Å². The Bertz CT molecular complexity index is 732. The lowest BCUT2D eigenvalue weighted by Gasteiger charge is -1.99. The number of Topliss-reactive ketones (excluding diaryl/α,β-unsaturated/α-hetero) is 1.